The first-order valence-electron chi connectivity index (χ1n) is 9.58. The van der Waals surface area contributed by atoms with E-state index in [2.05, 4.69) is 58.4 Å². The summed E-state index contributed by atoms with van der Waals surface area (Å²) in [5.74, 6) is 1.94. The second-order valence-electron chi connectivity index (χ2n) is 7.27. The van der Waals surface area contributed by atoms with Crippen molar-refractivity contribution in [3.8, 4) is 5.75 Å². The number of anilines is 1. The van der Waals surface area contributed by atoms with Gasteiger partial charge in [0.05, 0.1) is 18.1 Å². The van der Waals surface area contributed by atoms with E-state index in [4.69, 9.17) is 9.72 Å². The van der Waals surface area contributed by atoms with Crippen LogP contribution in [0.1, 0.15) is 18.4 Å². The predicted molar refractivity (Wildman–Crippen MR) is 111 cm³/mol. The molecule has 2 aromatic carbocycles. The van der Waals surface area contributed by atoms with E-state index in [1.807, 2.05) is 12.3 Å². The highest BCUT2D eigenvalue weighted by Crippen LogP contribution is 2.35. The average molecular weight is 357 g/mol. The minimum atomic E-state index is 0.492. The maximum absolute atomic E-state index is 5.39. The van der Waals surface area contributed by atoms with Crippen molar-refractivity contribution in [2.75, 3.05) is 18.6 Å². The topological polar surface area (TPSA) is 41.1 Å². The van der Waals surface area contributed by atoms with Crippen LogP contribution < -0.4 is 9.64 Å². The van der Waals surface area contributed by atoms with Crippen LogP contribution in [0.4, 0.5) is 5.82 Å². The normalized spacial score (nSPS) is 17.1. The lowest BCUT2D eigenvalue weighted by Gasteiger charge is -2.26. The molecule has 1 N–H and O–H groups in total. The molecule has 1 unspecified atom stereocenters. The molecule has 0 bridgehead atoms. The quantitative estimate of drug-likeness (QED) is 0.563. The van der Waals surface area contributed by atoms with E-state index in [0.29, 0.717) is 6.04 Å². The van der Waals surface area contributed by atoms with E-state index >= 15 is 0 Å². The molecule has 4 heteroatoms. The number of ether oxygens (including phenoxy) is 1. The fourth-order valence-corrected chi connectivity index (χ4v) is 4.35. The lowest BCUT2D eigenvalue weighted by molar-refractivity contribution is 0.415. The number of H-pyrrole nitrogens is 1. The van der Waals surface area contributed by atoms with Crippen molar-refractivity contribution in [2.45, 2.75) is 25.3 Å². The van der Waals surface area contributed by atoms with Gasteiger partial charge in [-0.3, -0.25) is 0 Å². The van der Waals surface area contributed by atoms with Crippen molar-refractivity contribution >= 4 is 27.6 Å². The summed E-state index contributed by atoms with van der Waals surface area (Å²) in [6.45, 7) is 1.06. The molecule has 1 fully saturated rings. The monoisotopic (exact) mass is 357 g/mol. The number of methoxy groups -OCH3 is 1. The molecule has 136 valence electrons. The molecule has 1 saturated heterocycles. The lowest BCUT2D eigenvalue weighted by atomic mass is 10.0. The van der Waals surface area contributed by atoms with Gasteiger partial charge in [0, 0.05) is 35.6 Å². The van der Waals surface area contributed by atoms with Crippen LogP contribution in [0.2, 0.25) is 0 Å². The average Bonchev–Trinajstić information content (AvgIpc) is 3.32. The third-order valence-electron chi connectivity index (χ3n) is 5.67. The maximum Gasteiger partial charge on any atom is 0.153 e. The molecule has 0 amide bonds. The number of aromatic nitrogens is 2. The van der Waals surface area contributed by atoms with Crippen LogP contribution in [-0.2, 0) is 6.42 Å². The molecule has 5 rings (SSSR count). The largest absolute Gasteiger partial charge is 0.497 e. The van der Waals surface area contributed by atoms with Crippen LogP contribution in [0.3, 0.4) is 0 Å². The van der Waals surface area contributed by atoms with Crippen LogP contribution in [0.5, 0.6) is 5.75 Å². The fraction of sp³-hybridized carbons (Fsp3) is 0.261. The molecule has 2 aromatic heterocycles. The highest BCUT2D eigenvalue weighted by Gasteiger charge is 2.27. The van der Waals surface area contributed by atoms with E-state index in [-0.39, 0.29) is 0 Å². The van der Waals surface area contributed by atoms with Gasteiger partial charge >= 0.3 is 0 Å². The molecule has 0 spiro atoms. The Bertz CT molecular complexity index is 1090. The van der Waals surface area contributed by atoms with Gasteiger partial charge in [-0.05, 0) is 43.0 Å². The molecular weight excluding hydrogens is 334 g/mol. The molecule has 1 atom stereocenters. The zero-order chi connectivity index (χ0) is 18.2. The van der Waals surface area contributed by atoms with Crippen LogP contribution >= 0.6 is 0 Å². The molecule has 1 aliphatic rings. The van der Waals surface area contributed by atoms with Crippen LogP contribution in [0.15, 0.2) is 60.8 Å². The van der Waals surface area contributed by atoms with Crippen molar-refractivity contribution in [3.63, 3.8) is 0 Å². The van der Waals surface area contributed by atoms with E-state index in [0.717, 1.165) is 35.6 Å². The van der Waals surface area contributed by atoms with Crippen molar-refractivity contribution in [2.24, 2.45) is 0 Å². The van der Waals surface area contributed by atoms with Gasteiger partial charge in [0.25, 0.3) is 0 Å². The summed E-state index contributed by atoms with van der Waals surface area (Å²) in [6.07, 6.45) is 5.42. The van der Waals surface area contributed by atoms with Gasteiger partial charge in [-0.15, -0.1) is 0 Å². The Morgan fingerprint density at radius 3 is 2.85 bits per heavy atom. The van der Waals surface area contributed by atoms with Gasteiger partial charge < -0.3 is 14.6 Å². The Balaban J connectivity index is 1.57. The van der Waals surface area contributed by atoms with Gasteiger partial charge in [0.2, 0.25) is 0 Å². The van der Waals surface area contributed by atoms with Crippen molar-refractivity contribution in [1.29, 1.82) is 0 Å². The zero-order valence-electron chi connectivity index (χ0n) is 15.5. The number of nitrogens with one attached hydrogen (secondary N) is 1. The first-order chi connectivity index (χ1) is 13.3. The van der Waals surface area contributed by atoms with E-state index in [1.165, 1.54) is 29.2 Å². The lowest BCUT2D eigenvalue weighted by Crippen LogP contribution is -2.31. The predicted octanol–water partition coefficient (Wildman–Crippen LogP) is 4.94. The molecule has 27 heavy (non-hydrogen) atoms. The van der Waals surface area contributed by atoms with Crippen LogP contribution in [0, 0.1) is 0 Å². The smallest absolute Gasteiger partial charge is 0.153 e. The molecule has 4 aromatic rings. The van der Waals surface area contributed by atoms with Crippen LogP contribution in [0.25, 0.3) is 21.8 Å². The standard InChI is InChI=1S/C23H23N3O/c1-27-18-9-10-19-20-11-12-24-23(22(20)25-21(19)15-18)26-13-5-8-17(26)14-16-6-3-2-4-7-16/h2-4,6-7,9-12,15,17,25H,5,8,13-14H2,1H3. The molecule has 4 nitrogen and oxygen atoms in total. The summed E-state index contributed by atoms with van der Waals surface area (Å²) in [6, 6.07) is 19.6. The number of fused-ring (bicyclic) bond motifs is 3. The fourth-order valence-electron chi connectivity index (χ4n) is 4.35. The van der Waals surface area contributed by atoms with Crippen molar-refractivity contribution in [1.82, 2.24) is 9.97 Å². The summed E-state index contributed by atoms with van der Waals surface area (Å²) < 4.78 is 5.39. The zero-order valence-corrected chi connectivity index (χ0v) is 15.5. The number of nitrogens with zero attached hydrogens (tertiary/aromatic N) is 2. The molecule has 3 heterocycles. The molecule has 1 aliphatic heterocycles. The Kier molecular flexibility index (Phi) is 3.97. The Labute approximate surface area is 158 Å². The molecular formula is C23H23N3O. The molecule has 0 saturated carbocycles. The molecule has 0 radical (unpaired) electrons. The second kappa shape index (κ2) is 6.62. The number of rotatable bonds is 4. The van der Waals surface area contributed by atoms with Crippen molar-refractivity contribution < 1.29 is 4.74 Å². The first kappa shape index (κ1) is 16.2. The Hall–Kier alpha value is -3.01. The minimum Gasteiger partial charge on any atom is -0.497 e. The Morgan fingerprint density at radius 1 is 1.11 bits per heavy atom. The second-order valence-corrected chi connectivity index (χ2v) is 7.27. The summed E-state index contributed by atoms with van der Waals surface area (Å²) in [7, 11) is 1.70. The van der Waals surface area contributed by atoms with Gasteiger partial charge in [0.1, 0.15) is 5.75 Å². The number of pyridine rings is 1. The van der Waals surface area contributed by atoms with E-state index in [9.17, 15) is 0 Å². The summed E-state index contributed by atoms with van der Waals surface area (Å²) in [4.78, 5) is 10.9. The highest BCUT2D eigenvalue weighted by atomic mass is 16.5. The first-order valence-corrected chi connectivity index (χ1v) is 9.58. The van der Waals surface area contributed by atoms with Crippen molar-refractivity contribution in [3.05, 3.63) is 66.4 Å². The minimum absolute atomic E-state index is 0.492. The highest BCUT2D eigenvalue weighted by molar-refractivity contribution is 6.10. The maximum atomic E-state index is 5.39. The van der Waals surface area contributed by atoms with Gasteiger partial charge in [-0.1, -0.05) is 30.3 Å². The SMILES string of the molecule is COc1ccc2c(c1)[nH]c1c(N3CCCC3Cc3ccccc3)nccc12. The summed E-state index contributed by atoms with van der Waals surface area (Å²) in [5.41, 5.74) is 3.61. The summed E-state index contributed by atoms with van der Waals surface area (Å²) in [5, 5.41) is 2.44. The number of hydrogen-bond donors (Lipinski definition) is 1. The number of benzene rings is 2. The number of hydrogen-bond acceptors (Lipinski definition) is 3. The van der Waals surface area contributed by atoms with Gasteiger partial charge in [-0.25, -0.2) is 4.98 Å². The van der Waals surface area contributed by atoms with E-state index < -0.39 is 0 Å². The van der Waals surface area contributed by atoms with Gasteiger partial charge in [-0.2, -0.15) is 0 Å². The third-order valence-corrected chi connectivity index (χ3v) is 5.67. The third kappa shape index (κ3) is 2.81. The molecule has 0 aliphatic carbocycles. The summed E-state index contributed by atoms with van der Waals surface area (Å²) >= 11 is 0. The van der Waals surface area contributed by atoms with E-state index in [1.54, 1.807) is 7.11 Å². The number of aromatic amines is 1. The van der Waals surface area contributed by atoms with Crippen LogP contribution in [-0.4, -0.2) is 29.7 Å². The Morgan fingerprint density at radius 2 is 2.00 bits per heavy atom. The van der Waals surface area contributed by atoms with Gasteiger partial charge in [0.15, 0.2) is 5.82 Å².